The maximum absolute atomic E-state index is 12.7. The van der Waals surface area contributed by atoms with Crippen molar-refractivity contribution in [2.75, 3.05) is 6.54 Å². The molecule has 9 heteroatoms. The fourth-order valence-corrected chi connectivity index (χ4v) is 1.12. The van der Waals surface area contributed by atoms with E-state index in [2.05, 4.69) is 4.98 Å². The van der Waals surface area contributed by atoms with Crippen LogP contribution in [0.3, 0.4) is 0 Å². The molecule has 0 fully saturated rings. The van der Waals surface area contributed by atoms with Gasteiger partial charge in [0.25, 0.3) is 5.91 Å². The number of rotatable bonds is 3. The third kappa shape index (κ3) is 3.81. The predicted octanol–water partition coefficient (Wildman–Crippen LogP) is 1.53. The first-order valence-electron chi connectivity index (χ1n) is 4.56. The van der Waals surface area contributed by atoms with Gasteiger partial charge in [0.05, 0.1) is 17.1 Å². The van der Waals surface area contributed by atoms with Gasteiger partial charge >= 0.3 is 6.18 Å². The third-order valence-corrected chi connectivity index (χ3v) is 2.16. The smallest absolute Gasteiger partial charge is 0.382 e. The van der Waals surface area contributed by atoms with E-state index < -0.39 is 35.7 Å². The Bertz CT molecular complexity index is 453. The standard InChI is InChI=1S/C9H7ClF4N2O2/c10-5-1-4(2-15-7(5)11)8(18)16-3-6(17)9(12,13)14/h1-2,6,17H,3H2,(H,16,18)/t6-/m0/s1. The molecule has 1 atom stereocenters. The monoisotopic (exact) mass is 286 g/mol. The van der Waals surface area contributed by atoms with Gasteiger partial charge in [0.15, 0.2) is 6.10 Å². The van der Waals surface area contributed by atoms with E-state index in [1.807, 2.05) is 5.32 Å². The summed E-state index contributed by atoms with van der Waals surface area (Å²) in [6.07, 6.45) is -6.69. The number of halogens is 5. The molecule has 0 saturated carbocycles. The minimum Gasteiger partial charge on any atom is -0.382 e. The summed E-state index contributed by atoms with van der Waals surface area (Å²) in [5.74, 6) is -1.95. The Hall–Kier alpha value is -1.41. The predicted molar refractivity (Wildman–Crippen MR) is 53.6 cm³/mol. The Morgan fingerprint density at radius 1 is 1.56 bits per heavy atom. The van der Waals surface area contributed by atoms with Crippen LogP contribution in [0.5, 0.6) is 0 Å². The maximum atomic E-state index is 12.7. The van der Waals surface area contributed by atoms with Gasteiger partial charge in [-0.25, -0.2) is 4.98 Å². The van der Waals surface area contributed by atoms with Crippen LogP contribution in [0, 0.1) is 5.95 Å². The van der Waals surface area contributed by atoms with E-state index in [1.54, 1.807) is 0 Å². The molecule has 100 valence electrons. The van der Waals surface area contributed by atoms with Crippen LogP contribution in [0.4, 0.5) is 17.6 Å². The largest absolute Gasteiger partial charge is 0.416 e. The highest BCUT2D eigenvalue weighted by Gasteiger charge is 2.38. The fourth-order valence-electron chi connectivity index (χ4n) is 0.953. The highest BCUT2D eigenvalue weighted by Crippen LogP contribution is 2.19. The number of carbonyl (C=O) groups excluding carboxylic acids is 1. The van der Waals surface area contributed by atoms with Crippen LogP contribution < -0.4 is 5.32 Å². The first-order chi connectivity index (χ1) is 8.21. The first-order valence-corrected chi connectivity index (χ1v) is 4.93. The average Bonchev–Trinajstić information content (AvgIpc) is 2.27. The van der Waals surface area contributed by atoms with Gasteiger partial charge < -0.3 is 10.4 Å². The summed E-state index contributed by atoms with van der Waals surface area (Å²) in [6, 6.07) is 0.916. The zero-order valence-electron chi connectivity index (χ0n) is 8.63. The highest BCUT2D eigenvalue weighted by atomic mass is 35.5. The van der Waals surface area contributed by atoms with Crippen molar-refractivity contribution in [1.29, 1.82) is 0 Å². The van der Waals surface area contributed by atoms with Crippen LogP contribution in [0.1, 0.15) is 10.4 Å². The minimum atomic E-state index is -4.83. The Kier molecular flexibility index (Phi) is 4.47. The van der Waals surface area contributed by atoms with Crippen LogP contribution in [-0.4, -0.2) is 34.8 Å². The number of aliphatic hydroxyl groups excluding tert-OH is 1. The minimum absolute atomic E-state index is 0.212. The van der Waals surface area contributed by atoms with Crippen molar-refractivity contribution in [3.8, 4) is 0 Å². The van der Waals surface area contributed by atoms with Crippen molar-refractivity contribution in [3.05, 3.63) is 28.8 Å². The van der Waals surface area contributed by atoms with Crippen LogP contribution in [0.2, 0.25) is 5.02 Å². The van der Waals surface area contributed by atoms with Gasteiger partial charge in [-0.1, -0.05) is 11.6 Å². The third-order valence-electron chi connectivity index (χ3n) is 1.89. The summed E-state index contributed by atoms with van der Waals surface area (Å²) >= 11 is 5.35. The lowest BCUT2D eigenvalue weighted by Crippen LogP contribution is -2.40. The lowest BCUT2D eigenvalue weighted by Gasteiger charge is -2.14. The van der Waals surface area contributed by atoms with Crippen LogP contribution >= 0.6 is 11.6 Å². The van der Waals surface area contributed by atoms with E-state index in [0.717, 1.165) is 12.3 Å². The summed E-state index contributed by atoms with van der Waals surface area (Å²) in [4.78, 5) is 14.5. The number of hydrogen-bond acceptors (Lipinski definition) is 3. The normalized spacial score (nSPS) is 13.2. The summed E-state index contributed by atoms with van der Waals surface area (Å²) in [7, 11) is 0. The van der Waals surface area contributed by atoms with Crippen molar-refractivity contribution in [2.45, 2.75) is 12.3 Å². The number of amides is 1. The number of carbonyl (C=O) groups is 1. The lowest BCUT2D eigenvalue weighted by molar-refractivity contribution is -0.201. The second-order valence-electron chi connectivity index (χ2n) is 3.26. The molecule has 0 saturated heterocycles. The van der Waals surface area contributed by atoms with Gasteiger partial charge in [-0.2, -0.15) is 17.6 Å². The van der Waals surface area contributed by atoms with Crippen molar-refractivity contribution in [3.63, 3.8) is 0 Å². The molecule has 1 aromatic rings. The molecule has 0 bridgehead atoms. The molecule has 0 aliphatic carbocycles. The van der Waals surface area contributed by atoms with E-state index >= 15 is 0 Å². The van der Waals surface area contributed by atoms with Gasteiger partial charge in [-0.05, 0) is 6.07 Å². The Morgan fingerprint density at radius 2 is 2.17 bits per heavy atom. The summed E-state index contributed by atoms with van der Waals surface area (Å²) in [5, 5.41) is 10.0. The van der Waals surface area contributed by atoms with Crippen LogP contribution in [0.15, 0.2) is 12.3 Å². The van der Waals surface area contributed by atoms with E-state index in [4.69, 9.17) is 16.7 Å². The summed E-state index contributed by atoms with van der Waals surface area (Å²) < 4.78 is 48.5. The van der Waals surface area contributed by atoms with E-state index in [1.165, 1.54) is 0 Å². The van der Waals surface area contributed by atoms with Gasteiger partial charge in [-0.15, -0.1) is 0 Å². The first kappa shape index (κ1) is 14.7. The molecule has 4 nitrogen and oxygen atoms in total. The molecule has 1 rings (SSSR count). The van der Waals surface area contributed by atoms with Gasteiger partial charge in [0, 0.05) is 6.20 Å². The van der Waals surface area contributed by atoms with Crippen molar-refractivity contribution >= 4 is 17.5 Å². The summed E-state index contributed by atoms with van der Waals surface area (Å²) in [5.41, 5.74) is -0.212. The zero-order chi connectivity index (χ0) is 13.9. The molecule has 0 aromatic carbocycles. The second-order valence-corrected chi connectivity index (χ2v) is 3.67. The topological polar surface area (TPSA) is 62.2 Å². The van der Waals surface area contributed by atoms with Gasteiger partial charge in [0.2, 0.25) is 5.95 Å². The van der Waals surface area contributed by atoms with Crippen LogP contribution in [0.25, 0.3) is 0 Å². The molecule has 2 N–H and O–H groups in total. The van der Waals surface area contributed by atoms with Crippen molar-refractivity contribution in [1.82, 2.24) is 10.3 Å². The van der Waals surface area contributed by atoms with E-state index in [9.17, 15) is 22.4 Å². The zero-order valence-corrected chi connectivity index (χ0v) is 9.39. The lowest BCUT2D eigenvalue weighted by atomic mass is 10.2. The Balaban J connectivity index is 2.63. The molecule has 0 aliphatic rings. The molecule has 0 aliphatic heterocycles. The average molecular weight is 287 g/mol. The number of aliphatic hydroxyl groups is 1. The molecule has 18 heavy (non-hydrogen) atoms. The molecule has 0 spiro atoms. The molecule has 1 heterocycles. The van der Waals surface area contributed by atoms with Crippen LogP contribution in [-0.2, 0) is 0 Å². The molecule has 0 unspecified atom stereocenters. The fraction of sp³-hybridized carbons (Fsp3) is 0.333. The second kappa shape index (κ2) is 5.49. The molecule has 1 amide bonds. The number of nitrogens with zero attached hydrogens (tertiary/aromatic N) is 1. The number of nitrogens with one attached hydrogen (secondary N) is 1. The molecule has 0 radical (unpaired) electrons. The van der Waals surface area contributed by atoms with E-state index in [-0.39, 0.29) is 5.56 Å². The molecular weight excluding hydrogens is 280 g/mol. The van der Waals surface area contributed by atoms with Gasteiger partial charge in [0.1, 0.15) is 0 Å². The van der Waals surface area contributed by atoms with E-state index in [0.29, 0.717) is 0 Å². The number of aromatic nitrogens is 1. The van der Waals surface area contributed by atoms with Crippen molar-refractivity contribution < 1.29 is 27.5 Å². The van der Waals surface area contributed by atoms with Crippen molar-refractivity contribution in [2.24, 2.45) is 0 Å². The Morgan fingerprint density at radius 3 is 2.67 bits per heavy atom. The number of hydrogen-bond donors (Lipinski definition) is 2. The molecular formula is C9H7ClF4N2O2. The number of pyridine rings is 1. The maximum Gasteiger partial charge on any atom is 0.416 e. The SMILES string of the molecule is O=C(NC[C@H](O)C(F)(F)F)c1cnc(F)c(Cl)c1. The highest BCUT2D eigenvalue weighted by molar-refractivity contribution is 6.30. The summed E-state index contributed by atoms with van der Waals surface area (Å²) in [6.45, 7) is -1.02. The number of alkyl halides is 3. The molecule has 1 aromatic heterocycles. The quantitative estimate of drug-likeness (QED) is 0.654. The van der Waals surface area contributed by atoms with Gasteiger partial charge in [-0.3, -0.25) is 4.79 Å². The Labute approximate surface area is 104 Å².